The van der Waals surface area contributed by atoms with Gasteiger partial charge in [0.1, 0.15) is 0 Å². The zero-order valence-corrected chi connectivity index (χ0v) is 8.11. The van der Waals surface area contributed by atoms with Crippen molar-refractivity contribution in [3.8, 4) is 0 Å². The van der Waals surface area contributed by atoms with Gasteiger partial charge in [-0.05, 0) is 11.6 Å². The molecule has 0 N–H and O–H groups in total. The summed E-state index contributed by atoms with van der Waals surface area (Å²) in [5.74, 6) is 0.0976. The van der Waals surface area contributed by atoms with Gasteiger partial charge in [-0.2, -0.15) is 0 Å². The Hall–Kier alpha value is -0.470. The maximum absolute atomic E-state index is 11.0. The Bertz CT molecular complexity index is 286. The molecule has 0 fully saturated rings. The quantitative estimate of drug-likeness (QED) is 0.586. The van der Waals surface area contributed by atoms with Gasteiger partial charge in [-0.3, -0.25) is 4.79 Å². The van der Waals surface area contributed by atoms with Gasteiger partial charge in [0.05, 0.1) is 5.88 Å². The fourth-order valence-electron chi connectivity index (χ4n) is 0.920. The molecule has 0 aliphatic heterocycles. The van der Waals surface area contributed by atoms with Gasteiger partial charge in [0.2, 0.25) is 0 Å². The summed E-state index contributed by atoms with van der Waals surface area (Å²) in [6.45, 7) is 0. The molecular formula is C9H9ClOS. The summed E-state index contributed by atoms with van der Waals surface area (Å²) in [5, 5.41) is 0. The summed E-state index contributed by atoms with van der Waals surface area (Å²) >= 11 is 9.60. The molecule has 0 atom stereocenters. The third-order valence-corrected chi connectivity index (χ3v) is 2.26. The largest absolute Gasteiger partial charge is 0.298 e. The summed E-state index contributed by atoms with van der Waals surface area (Å²) in [6.07, 6.45) is 0.378. The second kappa shape index (κ2) is 4.53. The van der Waals surface area contributed by atoms with Gasteiger partial charge in [0.15, 0.2) is 5.78 Å². The van der Waals surface area contributed by atoms with Crippen LogP contribution in [-0.2, 0) is 11.2 Å². The number of halogens is 1. The van der Waals surface area contributed by atoms with Crippen molar-refractivity contribution < 1.29 is 4.79 Å². The van der Waals surface area contributed by atoms with Crippen molar-refractivity contribution in [1.29, 1.82) is 0 Å². The summed E-state index contributed by atoms with van der Waals surface area (Å²) in [5.41, 5.74) is 0.937. The first-order chi connectivity index (χ1) is 5.74. The van der Waals surface area contributed by atoms with Crippen molar-refractivity contribution in [3.05, 3.63) is 29.8 Å². The van der Waals surface area contributed by atoms with Crippen molar-refractivity contribution in [2.24, 2.45) is 0 Å². The van der Waals surface area contributed by atoms with E-state index in [0.717, 1.165) is 10.5 Å². The molecule has 3 heteroatoms. The number of Topliss-reactive ketones (excluding diaryl/α,β-unsaturated/α-hetero) is 1. The number of benzene rings is 1. The molecular weight excluding hydrogens is 192 g/mol. The van der Waals surface area contributed by atoms with Crippen molar-refractivity contribution >= 4 is 30.0 Å². The minimum atomic E-state index is 0.0261. The number of alkyl halides is 1. The molecule has 0 heterocycles. The standard InChI is InChI=1S/C9H9ClOS/c10-6-8(11)5-7-3-1-2-4-9(7)12/h1-4,12H,5-6H2. The van der Waals surface area contributed by atoms with E-state index in [9.17, 15) is 4.79 Å². The minimum absolute atomic E-state index is 0.0261. The van der Waals surface area contributed by atoms with Crippen LogP contribution in [0.1, 0.15) is 5.56 Å². The number of thiol groups is 1. The average molecular weight is 201 g/mol. The summed E-state index contributed by atoms with van der Waals surface area (Å²) in [4.78, 5) is 11.8. The van der Waals surface area contributed by atoms with Gasteiger partial charge in [-0.15, -0.1) is 24.2 Å². The summed E-state index contributed by atoms with van der Waals surface area (Å²) in [6, 6.07) is 7.51. The molecule has 0 aliphatic carbocycles. The van der Waals surface area contributed by atoms with Crippen LogP contribution in [0.2, 0.25) is 0 Å². The van der Waals surface area contributed by atoms with Crippen LogP contribution in [0.15, 0.2) is 29.2 Å². The lowest BCUT2D eigenvalue weighted by Gasteiger charge is -2.01. The molecule has 0 amide bonds. The molecule has 1 aromatic carbocycles. The first kappa shape index (κ1) is 9.62. The molecule has 0 spiro atoms. The highest BCUT2D eigenvalue weighted by atomic mass is 35.5. The SMILES string of the molecule is O=C(CCl)Cc1ccccc1S. The number of ketones is 1. The van der Waals surface area contributed by atoms with Crippen LogP contribution in [0, 0.1) is 0 Å². The minimum Gasteiger partial charge on any atom is -0.298 e. The van der Waals surface area contributed by atoms with Gasteiger partial charge in [-0.1, -0.05) is 18.2 Å². The van der Waals surface area contributed by atoms with Crippen LogP contribution in [-0.4, -0.2) is 11.7 Å². The zero-order valence-electron chi connectivity index (χ0n) is 6.46. The first-order valence-corrected chi connectivity index (χ1v) is 4.56. The monoisotopic (exact) mass is 200 g/mol. The van der Waals surface area contributed by atoms with Crippen LogP contribution < -0.4 is 0 Å². The molecule has 1 aromatic rings. The average Bonchev–Trinajstić information content (AvgIpc) is 2.09. The molecule has 0 bridgehead atoms. The number of hydrogen-bond acceptors (Lipinski definition) is 2. The molecule has 0 saturated carbocycles. The van der Waals surface area contributed by atoms with E-state index >= 15 is 0 Å². The first-order valence-electron chi connectivity index (χ1n) is 3.58. The van der Waals surface area contributed by atoms with E-state index in [4.69, 9.17) is 11.6 Å². The lowest BCUT2D eigenvalue weighted by Crippen LogP contribution is -2.04. The van der Waals surface area contributed by atoms with Crippen molar-refractivity contribution in [2.45, 2.75) is 11.3 Å². The highest BCUT2D eigenvalue weighted by Crippen LogP contribution is 2.13. The number of rotatable bonds is 3. The Kier molecular flexibility index (Phi) is 3.63. The van der Waals surface area contributed by atoms with Gasteiger partial charge < -0.3 is 0 Å². The predicted octanol–water partition coefficient (Wildman–Crippen LogP) is 2.33. The lowest BCUT2D eigenvalue weighted by molar-refractivity contribution is -0.116. The third kappa shape index (κ3) is 2.54. The fraction of sp³-hybridized carbons (Fsp3) is 0.222. The number of carbonyl (C=O) groups is 1. The van der Waals surface area contributed by atoms with Gasteiger partial charge in [0, 0.05) is 11.3 Å². The molecule has 0 saturated heterocycles. The molecule has 0 aliphatic rings. The number of carbonyl (C=O) groups excluding carboxylic acids is 1. The second-order valence-electron chi connectivity index (χ2n) is 2.48. The maximum atomic E-state index is 11.0. The molecule has 0 radical (unpaired) electrons. The summed E-state index contributed by atoms with van der Waals surface area (Å²) < 4.78 is 0. The number of hydrogen-bond donors (Lipinski definition) is 1. The van der Waals surface area contributed by atoms with Gasteiger partial charge in [0.25, 0.3) is 0 Å². The van der Waals surface area contributed by atoms with E-state index in [1.807, 2.05) is 24.3 Å². The van der Waals surface area contributed by atoms with Crippen LogP contribution >= 0.6 is 24.2 Å². The molecule has 1 nitrogen and oxygen atoms in total. The van der Waals surface area contributed by atoms with Crippen LogP contribution in [0.25, 0.3) is 0 Å². The van der Waals surface area contributed by atoms with E-state index in [1.54, 1.807) is 0 Å². The maximum Gasteiger partial charge on any atom is 0.151 e. The van der Waals surface area contributed by atoms with E-state index in [2.05, 4.69) is 12.6 Å². The molecule has 0 unspecified atom stereocenters. The Morgan fingerprint density at radius 3 is 2.67 bits per heavy atom. The second-order valence-corrected chi connectivity index (χ2v) is 3.23. The molecule has 0 aromatic heterocycles. The van der Waals surface area contributed by atoms with E-state index in [-0.39, 0.29) is 11.7 Å². The topological polar surface area (TPSA) is 17.1 Å². The van der Waals surface area contributed by atoms with Crippen molar-refractivity contribution in [1.82, 2.24) is 0 Å². The highest BCUT2D eigenvalue weighted by Gasteiger charge is 2.03. The molecule has 1 rings (SSSR count). The van der Waals surface area contributed by atoms with E-state index in [0.29, 0.717) is 6.42 Å². The van der Waals surface area contributed by atoms with Gasteiger partial charge in [-0.25, -0.2) is 0 Å². The Morgan fingerprint density at radius 2 is 2.08 bits per heavy atom. The van der Waals surface area contributed by atoms with Crippen molar-refractivity contribution in [2.75, 3.05) is 5.88 Å². The van der Waals surface area contributed by atoms with E-state index < -0.39 is 0 Å². The van der Waals surface area contributed by atoms with Crippen LogP contribution in [0.4, 0.5) is 0 Å². The van der Waals surface area contributed by atoms with Crippen LogP contribution in [0.5, 0.6) is 0 Å². The third-order valence-electron chi connectivity index (χ3n) is 1.53. The normalized spacial score (nSPS) is 9.83. The molecule has 12 heavy (non-hydrogen) atoms. The Balaban J connectivity index is 2.75. The smallest absolute Gasteiger partial charge is 0.151 e. The molecule has 64 valence electrons. The summed E-state index contributed by atoms with van der Waals surface area (Å²) in [7, 11) is 0. The van der Waals surface area contributed by atoms with E-state index in [1.165, 1.54) is 0 Å². The lowest BCUT2D eigenvalue weighted by atomic mass is 10.1. The highest BCUT2D eigenvalue weighted by molar-refractivity contribution is 7.80. The fourth-order valence-corrected chi connectivity index (χ4v) is 1.25. The Labute approximate surface area is 82.1 Å². The predicted molar refractivity (Wildman–Crippen MR) is 53.1 cm³/mol. The zero-order chi connectivity index (χ0) is 8.97. The van der Waals surface area contributed by atoms with Crippen molar-refractivity contribution in [3.63, 3.8) is 0 Å². The Morgan fingerprint density at radius 1 is 1.42 bits per heavy atom. The van der Waals surface area contributed by atoms with Gasteiger partial charge >= 0.3 is 0 Å². The van der Waals surface area contributed by atoms with Crippen LogP contribution in [0.3, 0.4) is 0 Å².